The molecule has 2 rings (SSSR count). The second-order valence-corrected chi connectivity index (χ2v) is 6.38. The van der Waals surface area contributed by atoms with Gasteiger partial charge in [0.25, 0.3) is 0 Å². The number of carbonyl (C=O) groups excluding carboxylic acids is 2. The molecule has 1 aliphatic carbocycles. The van der Waals surface area contributed by atoms with Crippen molar-refractivity contribution >= 4 is 17.5 Å². The largest absolute Gasteiger partial charge is 0.465 e. The minimum atomic E-state index is -1.42. The van der Waals surface area contributed by atoms with Gasteiger partial charge in [-0.1, -0.05) is 35.5 Å². The number of Topliss-reactive ketones (excluding diaryl/α,β-unsaturated/α-hetero) is 1. The number of nitrogens with zero attached hydrogens (tertiary/aromatic N) is 1. The first-order valence-corrected chi connectivity index (χ1v) is 7.98. The number of esters is 1. The fourth-order valence-corrected chi connectivity index (χ4v) is 3.74. The Morgan fingerprint density at radius 2 is 1.96 bits per heavy atom. The minimum absolute atomic E-state index is 0.0689. The van der Waals surface area contributed by atoms with Crippen molar-refractivity contribution < 1.29 is 24.6 Å². The number of hydrogen-bond acceptors (Lipinski definition) is 6. The predicted octanol–water partition coefficient (Wildman–Crippen LogP) is 2.14. The molecule has 0 bridgehead atoms. The van der Waals surface area contributed by atoms with Crippen molar-refractivity contribution in [2.45, 2.75) is 38.7 Å². The second kappa shape index (κ2) is 7.13. The molecule has 130 valence electrons. The van der Waals surface area contributed by atoms with Crippen molar-refractivity contribution in [3.8, 4) is 0 Å². The summed E-state index contributed by atoms with van der Waals surface area (Å²) in [5, 5.41) is 23.4. The van der Waals surface area contributed by atoms with Gasteiger partial charge in [0.15, 0.2) is 0 Å². The first kappa shape index (κ1) is 18.1. The Labute approximate surface area is 141 Å². The Morgan fingerprint density at radius 1 is 1.33 bits per heavy atom. The van der Waals surface area contributed by atoms with Crippen molar-refractivity contribution in [3.05, 3.63) is 35.9 Å². The molecule has 6 nitrogen and oxygen atoms in total. The molecule has 0 aromatic heterocycles. The molecule has 0 aliphatic heterocycles. The van der Waals surface area contributed by atoms with Crippen LogP contribution in [-0.2, 0) is 14.3 Å². The maximum Gasteiger partial charge on any atom is 0.315 e. The van der Waals surface area contributed by atoms with Gasteiger partial charge in [0.1, 0.15) is 11.7 Å². The van der Waals surface area contributed by atoms with E-state index >= 15 is 0 Å². The van der Waals surface area contributed by atoms with Gasteiger partial charge in [0.2, 0.25) is 0 Å². The second-order valence-electron chi connectivity index (χ2n) is 6.38. The highest BCUT2D eigenvalue weighted by molar-refractivity contribution is 6.05. The maximum atomic E-state index is 12.5. The Morgan fingerprint density at radius 3 is 2.46 bits per heavy atom. The number of oxime groups is 1. The van der Waals surface area contributed by atoms with Gasteiger partial charge >= 0.3 is 5.97 Å². The molecule has 0 radical (unpaired) electrons. The van der Waals surface area contributed by atoms with Crippen LogP contribution in [0.1, 0.15) is 38.7 Å². The van der Waals surface area contributed by atoms with E-state index in [1.54, 1.807) is 31.2 Å². The van der Waals surface area contributed by atoms with E-state index in [0.29, 0.717) is 0 Å². The average Bonchev–Trinajstić information content (AvgIpc) is 2.53. The lowest BCUT2D eigenvalue weighted by molar-refractivity contribution is -0.150. The van der Waals surface area contributed by atoms with E-state index in [1.165, 1.54) is 13.8 Å². The van der Waals surface area contributed by atoms with Gasteiger partial charge in [-0.2, -0.15) is 0 Å². The summed E-state index contributed by atoms with van der Waals surface area (Å²) >= 11 is 0. The van der Waals surface area contributed by atoms with Gasteiger partial charge in [-0.3, -0.25) is 9.59 Å². The molecule has 1 saturated carbocycles. The molecule has 4 unspecified atom stereocenters. The van der Waals surface area contributed by atoms with E-state index in [1.807, 2.05) is 6.07 Å². The minimum Gasteiger partial charge on any atom is -0.465 e. The van der Waals surface area contributed by atoms with Crippen LogP contribution in [0.3, 0.4) is 0 Å². The summed E-state index contributed by atoms with van der Waals surface area (Å²) in [4.78, 5) is 24.8. The van der Waals surface area contributed by atoms with Crippen LogP contribution in [0.25, 0.3) is 0 Å². The van der Waals surface area contributed by atoms with Crippen molar-refractivity contribution in [2.75, 3.05) is 6.61 Å². The van der Waals surface area contributed by atoms with Gasteiger partial charge in [0, 0.05) is 12.3 Å². The lowest BCUT2D eigenvalue weighted by Gasteiger charge is -2.45. The number of benzene rings is 1. The summed E-state index contributed by atoms with van der Waals surface area (Å²) < 4.78 is 5.14. The molecule has 24 heavy (non-hydrogen) atoms. The Hall–Kier alpha value is -2.21. The third-order valence-electron chi connectivity index (χ3n) is 4.58. The molecular weight excluding hydrogens is 310 g/mol. The SMILES string of the molecule is CCOC(=O)C1C(=NO)CC(C)(O)C(C(C)=O)C1c1ccccc1. The first-order chi connectivity index (χ1) is 11.3. The smallest absolute Gasteiger partial charge is 0.315 e. The number of aliphatic hydroxyl groups is 1. The molecular formula is C18H23NO5. The zero-order valence-corrected chi connectivity index (χ0v) is 14.1. The number of ether oxygens (including phenoxy) is 1. The van der Waals surface area contributed by atoms with E-state index in [4.69, 9.17) is 4.74 Å². The van der Waals surface area contributed by atoms with Gasteiger partial charge in [-0.15, -0.1) is 0 Å². The summed E-state index contributed by atoms with van der Waals surface area (Å²) in [5.41, 5.74) is -0.571. The van der Waals surface area contributed by atoms with Crippen molar-refractivity contribution in [1.82, 2.24) is 0 Å². The maximum absolute atomic E-state index is 12.5. The number of carbonyl (C=O) groups is 2. The van der Waals surface area contributed by atoms with Crippen LogP contribution in [-0.4, -0.2) is 40.0 Å². The fourth-order valence-electron chi connectivity index (χ4n) is 3.74. The van der Waals surface area contributed by atoms with Crippen LogP contribution in [0.15, 0.2) is 35.5 Å². The summed E-state index contributed by atoms with van der Waals surface area (Å²) in [5.74, 6) is -3.15. The highest BCUT2D eigenvalue weighted by atomic mass is 16.5. The lowest BCUT2D eigenvalue weighted by atomic mass is 9.60. The molecule has 0 spiro atoms. The summed E-state index contributed by atoms with van der Waals surface area (Å²) in [6.07, 6.45) is -0.0689. The highest BCUT2D eigenvalue weighted by Crippen LogP contribution is 2.46. The molecule has 1 aromatic carbocycles. The van der Waals surface area contributed by atoms with Crippen LogP contribution >= 0.6 is 0 Å². The van der Waals surface area contributed by atoms with Crippen molar-refractivity contribution in [1.29, 1.82) is 0 Å². The van der Waals surface area contributed by atoms with Crippen LogP contribution in [0, 0.1) is 11.8 Å². The number of hydrogen-bond donors (Lipinski definition) is 2. The third kappa shape index (κ3) is 3.33. The average molecular weight is 333 g/mol. The molecule has 0 saturated heterocycles. The number of rotatable bonds is 4. The van der Waals surface area contributed by atoms with Crippen LogP contribution in [0.5, 0.6) is 0 Å². The third-order valence-corrected chi connectivity index (χ3v) is 4.58. The van der Waals surface area contributed by atoms with Gasteiger partial charge in [-0.25, -0.2) is 0 Å². The zero-order valence-electron chi connectivity index (χ0n) is 14.1. The molecule has 1 fully saturated rings. The summed E-state index contributed by atoms with van der Waals surface area (Å²) in [7, 11) is 0. The first-order valence-electron chi connectivity index (χ1n) is 7.98. The summed E-state index contributed by atoms with van der Waals surface area (Å²) in [6, 6.07) is 9.02. The normalized spacial score (nSPS) is 31.7. The van der Waals surface area contributed by atoms with E-state index in [0.717, 1.165) is 5.56 Å². The van der Waals surface area contributed by atoms with Crippen LogP contribution in [0.4, 0.5) is 0 Å². The van der Waals surface area contributed by atoms with E-state index < -0.39 is 29.3 Å². The van der Waals surface area contributed by atoms with Gasteiger partial charge in [0.05, 0.1) is 23.8 Å². The molecule has 0 heterocycles. The molecule has 6 heteroatoms. The van der Waals surface area contributed by atoms with Crippen LogP contribution < -0.4 is 0 Å². The molecule has 0 amide bonds. The Kier molecular flexibility index (Phi) is 5.39. The topological polar surface area (TPSA) is 96.2 Å². The van der Waals surface area contributed by atoms with Crippen molar-refractivity contribution in [2.24, 2.45) is 17.0 Å². The zero-order chi connectivity index (χ0) is 17.9. The monoisotopic (exact) mass is 333 g/mol. The fraction of sp³-hybridized carbons (Fsp3) is 0.500. The molecule has 4 atom stereocenters. The predicted molar refractivity (Wildman–Crippen MR) is 87.9 cm³/mol. The van der Waals surface area contributed by atoms with E-state index in [-0.39, 0.29) is 24.5 Å². The molecule has 2 N–H and O–H groups in total. The highest BCUT2D eigenvalue weighted by Gasteiger charge is 2.54. The molecule has 1 aliphatic rings. The number of ketones is 1. The molecule has 1 aromatic rings. The quantitative estimate of drug-likeness (QED) is 0.500. The van der Waals surface area contributed by atoms with E-state index in [2.05, 4.69) is 5.16 Å². The van der Waals surface area contributed by atoms with Crippen LogP contribution in [0.2, 0.25) is 0 Å². The summed E-state index contributed by atoms with van der Waals surface area (Å²) in [6.45, 7) is 4.79. The Balaban J connectivity index is 2.63. The van der Waals surface area contributed by atoms with Gasteiger partial charge < -0.3 is 15.1 Å². The van der Waals surface area contributed by atoms with Gasteiger partial charge in [-0.05, 0) is 26.3 Å². The lowest BCUT2D eigenvalue weighted by Crippen LogP contribution is -2.54. The van der Waals surface area contributed by atoms with E-state index in [9.17, 15) is 19.9 Å². The standard InChI is InChI=1S/C18H23NO5/c1-4-24-17(21)15-13(19-23)10-18(3,22)16(11(2)20)14(15)12-8-6-5-7-9-12/h5-9,14-16,22-23H,4,10H2,1-3H3. The Bertz CT molecular complexity index is 638. The van der Waals surface area contributed by atoms with Crippen molar-refractivity contribution in [3.63, 3.8) is 0 Å².